The van der Waals surface area contributed by atoms with Crippen molar-refractivity contribution in [2.45, 2.75) is 6.92 Å². The van der Waals surface area contributed by atoms with Gasteiger partial charge in [0, 0.05) is 12.7 Å². The van der Waals surface area contributed by atoms with Crippen molar-refractivity contribution in [1.82, 2.24) is 9.78 Å². The summed E-state index contributed by atoms with van der Waals surface area (Å²) in [4.78, 5) is 11.8. The Bertz CT molecular complexity index is 589. The maximum absolute atomic E-state index is 11.8. The summed E-state index contributed by atoms with van der Waals surface area (Å²) in [7, 11) is 1.81. The first-order chi connectivity index (χ1) is 8.68. The SMILES string of the molecule is Cc1c(C(=O)/C=C/C=C/c2ccco2)cnn1C. The fraction of sp³-hybridized carbons (Fsp3) is 0.143. The van der Waals surface area contributed by atoms with Gasteiger partial charge in [0.25, 0.3) is 0 Å². The molecule has 0 unspecified atom stereocenters. The van der Waals surface area contributed by atoms with Gasteiger partial charge in [0.05, 0.1) is 18.0 Å². The molecule has 2 aromatic rings. The number of carbonyl (C=O) groups excluding carboxylic acids is 1. The molecule has 0 aliphatic rings. The van der Waals surface area contributed by atoms with Crippen molar-refractivity contribution in [3.63, 3.8) is 0 Å². The van der Waals surface area contributed by atoms with Crippen LogP contribution in [-0.4, -0.2) is 15.6 Å². The first-order valence-corrected chi connectivity index (χ1v) is 5.59. The third-order valence-corrected chi connectivity index (χ3v) is 2.66. The van der Waals surface area contributed by atoms with E-state index in [4.69, 9.17) is 4.42 Å². The molecule has 18 heavy (non-hydrogen) atoms. The van der Waals surface area contributed by atoms with Gasteiger partial charge in [-0.2, -0.15) is 5.10 Å². The third kappa shape index (κ3) is 2.66. The van der Waals surface area contributed by atoms with Crippen molar-refractivity contribution < 1.29 is 9.21 Å². The molecule has 0 N–H and O–H groups in total. The molecule has 0 aliphatic heterocycles. The van der Waals surface area contributed by atoms with Gasteiger partial charge in [-0.1, -0.05) is 12.2 Å². The molecule has 2 heterocycles. The Labute approximate surface area is 105 Å². The number of allylic oxidation sites excluding steroid dienone is 3. The smallest absolute Gasteiger partial charge is 0.189 e. The van der Waals surface area contributed by atoms with Crippen LogP contribution in [0.4, 0.5) is 0 Å². The molecule has 0 fully saturated rings. The van der Waals surface area contributed by atoms with E-state index in [1.54, 1.807) is 35.4 Å². The van der Waals surface area contributed by atoms with Gasteiger partial charge >= 0.3 is 0 Å². The molecule has 4 nitrogen and oxygen atoms in total. The van der Waals surface area contributed by atoms with Crippen LogP contribution in [0.1, 0.15) is 21.8 Å². The van der Waals surface area contributed by atoms with E-state index in [1.165, 1.54) is 6.08 Å². The van der Waals surface area contributed by atoms with Crippen LogP contribution in [0.2, 0.25) is 0 Å². The van der Waals surface area contributed by atoms with E-state index < -0.39 is 0 Å². The summed E-state index contributed by atoms with van der Waals surface area (Å²) in [6.07, 6.45) is 9.95. The molecule has 2 rings (SSSR count). The van der Waals surface area contributed by atoms with E-state index in [9.17, 15) is 4.79 Å². The monoisotopic (exact) mass is 242 g/mol. The average Bonchev–Trinajstić information content (AvgIpc) is 2.97. The molecular formula is C14H14N2O2. The average molecular weight is 242 g/mol. The van der Waals surface area contributed by atoms with Crippen molar-refractivity contribution in [3.8, 4) is 0 Å². The highest BCUT2D eigenvalue weighted by Crippen LogP contribution is 2.07. The minimum absolute atomic E-state index is 0.0512. The summed E-state index contributed by atoms with van der Waals surface area (Å²) < 4.78 is 6.81. The Morgan fingerprint density at radius 3 is 2.89 bits per heavy atom. The molecule has 0 radical (unpaired) electrons. The molecule has 0 spiro atoms. The Balaban J connectivity index is 2.01. The second kappa shape index (κ2) is 5.31. The molecule has 0 saturated carbocycles. The Kier molecular flexibility index (Phi) is 3.57. The van der Waals surface area contributed by atoms with E-state index in [2.05, 4.69) is 5.10 Å². The van der Waals surface area contributed by atoms with Crippen molar-refractivity contribution >= 4 is 11.9 Å². The van der Waals surface area contributed by atoms with Gasteiger partial charge in [0.15, 0.2) is 5.78 Å². The molecule has 4 heteroatoms. The number of aromatic nitrogens is 2. The second-order valence-electron chi connectivity index (χ2n) is 3.87. The van der Waals surface area contributed by atoms with Crippen molar-refractivity contribution in [3.05, 3.63) is 59.8 Å². The van der Waals surface area contributed by atoms with Crippen LogP contribution in [0, 0.1) is 6.92 Å². The molecule has 0 bridgehead atoms. The number of hydrogen-bond acceptors (Lipinski definition) is 3. The number of carbonyl (C=O) groups is 1. The molecule has 0 atom stereocenters. The van der Waals surface area contributed by atoms with E-state index in [-0.39, 0.29) is 5.78 Å². The zero-order valence-electron chi connectivity index (χ0n) is 10.3. The fourth-order valence-electron chi connectivity index (χ4n) is 1.51. The molecule has 0 saturated heterocycles. The summed E-state index contributed by atoms with van der Waals surface area (Å²) >= 11 is 0. The highest BCUT2D eigenvalue weighted by molar-refractivity contribution is 6.05. The van der Waals surface area contributed by atoms with Crippen molar-refractivity contribution in [2.24, 2.45) is 7.05 Å². The van der Waals surface area contributed by atoms with Crippen molar-refractivity contribution in [2.75, 3.05) is 0 Å². The molecule has 0 amide bonds. The minimum Gasteiger partial charge on any atom is -0.465 e. The van der Waals surface area contributed by atoms with Crippen LogP contribution in [0.25, 0.3) is 6.08 Å². The van der Waals surface area contributed by atoms with Gasteiger partial charge in [-0.15, -0.1) is 0 Å². The van der Waals surface area contributed by atoms with E-state index in [1.807, 2.05) is 26.1 Å². The lowest BCUT2D eigenvalue weighted by Gasteiger charge is -1.94. The number of rotatable bonds is 4. The van der Waals surface area contributed by atoms with Gasteiger partial charge in [0.2, 0.25) is 0 Å². The number of furan rings is 1. The normalized spacial score (nSPS) is 11.7. The topological polar surface area (TPSA) is 48.0 Å². The summed E-state index contributed by atoms with van der Waals surface area (Å²) in [6.45, 7) is 1.87. The summed E-state index contributed by atoms with van der Waals surface area (Å²) in [5.41, 5.74) is 1.49. The molecular weight excluding hydrogens is 228 g/mol. The van der Waals surface area contributed by atoms with Crippen molar-refractivity contribution in [1.29, 1.82) is 0 Å². The standard InChI is InChI=1S/C14H14N2O2/c1-11-13(10-15-16(11)2)14(17)8-4-3-6-12-7-5-9-18-12/h3-10H,1-2H3/b6-3+,8-4+. The maximum Gasteiger partial charge on any atom is 0.189 e. The Hall–Kier alpha value is -2.36. The van der Waals surface area contributed by atoms with Gasteiger partial charge in [-0.3, -0.25) is 9.48 Å². The quantitative estimate of drug-likeness (QED) is 0.470. The predicted octanol–water partition coefficient (Wildman–Crippen LogP) is 2.77. The van der Waals surface area contributed by atoms with Gasteiger partial charge in [-0.25, -0.2) is 0 Å². The molecule has 0 aliphatic carbocycles. The zero-order valence-corrected chi connectivity index (χ0v) is 10.3. The van der Waals surface area contributed by atoms with E-state index in [0.717, 1.165) is 11.5 Å². The molecule has 0 aromatic carbocycles. The van der Waals surface area contributed by atoms with Crippen LogP contribution in [0.3, 0.4) is 0 Å². The minimum atomic E-state index is -0.0512. The number of hydrogen-bond donors (Lipinski definition) is 0. The van der Waals surface area contributed by atoms with Gasteiger partial charge < -0.3 is 4.42 Å². The summed E-state index contributed by atoms with van der Waals surface area (Å²) in [5.74, 6) is 0.703. The predicted molar refractivity (Wildman–Crippen MR) is 69.2 cm³/mol. The largest absolute Gasteiger partial charge is 0.465 e. The Morgan fingerprint density at radius 2 is 2.28 bits per heavy atom. The maximum atomic E-state index is 11.8. The van der Waals surface area contributed by atoms with Gasteiger partial charge in [0.1, 0.15) is 5.76 Å². The Morgan fingerprint density at radius 1 is 1.44 bits per heavy atom. The van der Waals surface area contributed by atoms with Crippen LogP contribution < -0.4 is 0 Å². The zero-order chi connectivity index (χ0) is 13.0. The number of nitrogens with zero attached hydrogens (tertiary/aromatic N) is 2. The highest BCUT2D eigenvalue weighted by Gasteiger charge is 2.08. The first kappa shape index (κ1) is 12.1. The van der Waals surface area contributed by atoms with Crippen LogP contribution in [-0.2, 0) is 7.05 Å². The lowest BCUT2D eigenvalue weighted by Crippen LogP contribution is -1.98. The lowest BCUT2D eigenvalue weighted by molar-refractivity contribution is 0.104. The lowest BCUT2D eigenvalue weighted by atomic mass is 10.1. The molecule has 2 aromatic heterocycles. The number of ketones is 1. The summed E-state index contributed by atoms with van der Waals surface area (Å²) in [5, 5.41) is 4.04. The van der Waals surface area contributed by atoms with E-state index >= 15 is 0 Å². The van der Waals surface area contributed by atoms with Gasteiger partial charge in [-0.05, 0) is 31.2 Å². The van der Waals surface area contributed by atoms with Crippen LogP contribution in [0.15, 0.2) is 47.2 Å². The number of aryl methyl sites for hydroxylation is 1. The second-order valence-corrected chi connectivity index (χ2v) is 3.87. The first-order valence-electron chi connectivity index (χ1n) is 5.59. The molecule has 92 valence electrons. The fourth-order valence-corrected chi connectivity index (χ4v) is 1.51. The highest BCUT2D eigenvalue weighted by atomic mass is 16.3. The summed E-state index contributed by atoms with van der Waals surface area (Å²) in [6, 6.07) is 3.66. The van der Waals surface area contributed by atoms with E-state index in [0.29, 0.717) is 5.56 Å². The van der Waals surface area contributed by atoms with Crippen LogP contribution >= 0.6 is 0 Å². The third-order valence-electron chi connectivity index (χ3n) is 2.66. The van der Waals surface area contributed by atoms with Crippen LogP contribution in [0.5, 0.6) is 0 Å².